The Hall–Kier alpha value is -0.0800. The summed E-state index contributed by atoms with van der Waals surface area (Å²) in [6.07, 6.45) is 4.38. The molecule has 0 aromatic heterocycles. The van der Waals surface area contributed by atoms with Crippen molar-refractivity contribution in [2.45, 2.75) is 45.1 Å². The predicted octanol–water partition coefficient (Wildman–Crippen LogP) is 1.54. The molecule has 0 heterocycles. The molecule has 2 heteroatoms. The lowest BCUT2D eigenvalue weighted by Crippen LogP contribution is -2.46. The highest BCUT2D eigenvalue weighted by molar-refractivity contribution is 4.89. The monoisotopic (exact) mass is 171 g/mol. The van der Waals surface area contributed by atoms with Crippen LogP contribution >= 0.6 is 0 Å². The highest BCUT2D eigenvalue weighted by atomic mass is 16.3. The Morgan fingerprint density at radius 3 is 2.58 bits per heavy atom. The van der Waals surface area contributed by atoms with E-state index in [4.69, 9.17) is 0 Å². The molecule has 0 amide bonds. The maximum absolute atomic E-state index is 9.73. The molecule has 0 aliphatic heterocycles. The maximum atomic E-state index is 9.73. The smallest absolute Gasteiger partial charge is 0.0771 e. The third-order valence-electron chi connectivity index (χ3n) is 2.93. The van der Waals surface area contributed by atoms with Gasteiger partial charge in [0.1, 0.15) is 0 Å². The van der Waals surface area contributed by atoms with Gasteiger partial charge in [-0.3, -0.25) is 0 Å². The van der Waals surface area contributed by atoms with Crippen LogP contribution in [0.15, 0.2) is 0 Å². The van der Waals surface area contributed by atoms with Crippen molar-refractivity contribution in [1.29, 1.82) is 0 Å². The summed E-state index contributed by atoms with van der Waals surface area (Å²) in [7, 11) is 0. The van der Waals surface area contributed by atoms with E-state index in [1.165, 1.54) is 12.8 Å². The average molecular weight is 171 g/mol. The highest BCUT2D eigenvalue weighted by Gasteiger charge is 2.33. The second-order valence-corrected chi connectivity index (χ2v) is 4.22. The van der Waals surface area contributed by atoms with Gasteiger partial charge in [0.05, 0.1) is 5.60 Å². The Morgan fingerprint density at radius 2 is 2.17 bits per heavy atom. The van der Waals surface area contributed by atoms with E-state index in [0.29, 0.717) is 0 Å². The first-order valence-electron chi connectivity index (χ1n) is 5.09. The average Bonchev–Trinajstić information content (AvgIpc) is 2.01. The third-order valence-corrected chi connectivity index (χ3v) is 2.93. The van der Waals surface area contributed by atoms with Gasteiger partial charge in [-0.15, -0.1) is 0 Å². The molecule has 0 spiro atoms. The van der Waals surface area contributed by atoms with E-state index in [1.807, 2.05) is 0 Å². The summed E-state index contributed by atoms with van der Waals surface area (Å²) in [5.41, 5.74) is -0.354. The van der Waals surface area contributed by atoms with Crippen molar-refractivity contribution in [2.24, 2.45) is 5.92 Å². The van der Waals surface area contributed by atoms with Crippen LogP contribution < -0.4 is 5.32 Å². The lowest BCUT2D eigenvalue weighted by molar-refractivity contribution is -0.0316. The van der Waals surface area contributed by atoms with Gasteiger partial charge in [0.2, 0.25) is 0 Å². The van der Waals surface area contributed by atoms with Gasteiger partial charge in [-0.1, -0.05) is 20.3 Å². The summed E-state index contributed by atoms with van der Waals surface area (Å²) in [6.45, 7) is 6.26. The van der Waals surface area contributed by atoms with Crippen LogP contribution in [0.2, 0.25) is 0 Å². The number of hydrogen-bond acceptors (Lipinski definition) is 2. The molecule has 1 rings (SSSR count). The molecular weight excluding hydrogens is 150 g/mol. The highest BCUT2D eigenvalue weighted by Crippen LogP contribution is 2.30. The van der Waals surface area contributed by atoms with Gasteiger partial charge < -0.3 is 10.4 Å². The molecule has 0 radical (unpaired) electrons. The zero-order valence-electron chi connectivity index (χ0n) is 8.27. The van der Waals surface area contributed by atoms with Gasteiger partial charge >= 0.3 is 0 Å². The number of nitrogens with one attached hydrogen (secondary N) is 1. The van der Waals surface area contributed by atoms with Crippen LogP contribution in [0.3, 0.4) is 0 Å². The minimum absolute atomic E-state index is 0.354. The first-order chi connectivity index (χ1) is 5.66. The van der Waals surface area contributed by atoms with Crippen LogP contribution in [-0.2, 0) is 0 Å². The van der Waals surface area contributed by atoms with Crippen molar-refractivity contribution < 1.29 is 5.11 Å². The lowest BCUT2D eigenvalue weighted by atomic mass is 9.80. The molecule has 0 saturated heterocycles. The summed E-state index contributed by atoms with van der Waals surface area (Å²) in [5.74, 6) is 0.730. The van der Waals surface area contributed by atoms with Crippen molar-refractivity contribution >= 4 is 0 Å². The molecule has 0 aromatic rings. The van der Waals surface area contributed by atoms with Gasteiger partial charge in [-0.2, -0.15) is 0 Å². The Bertz CT molecular complexity index is 132. The zero-order valence-corrected chi connectivity index (χ0v) is 8.27. The fourth-order valence-corrected chi connectivity index (χ4v) is 1.46. The number of hydrogen-bond donors (Lipinski definition) is 2. The molecule has 12 heavy (non-hydrogen) atoms. The topological polar surface area (TPSA) is 32.3 Å². The second kappa shape index (κ2) is 4.24. The molecule has 1 atom stereocenters. The summed E-state index contributed by atoms with van der Waals surface area (Å²) in [4.78, 5) is 0. The van der Waals surface area contributed by atoms with Crippen LogP contribution in [0.1, 0.15) is 39.5 Å². The van der Waals surface area contributed by atoms with Crippen molar-refractivity contribution in [3.63, 3.8) is 0 Å². The molecule has 1 aliphatic rings. The van der Waals surface area contributed by atoms with Crippen LogP contribution in [-0.4, -0.2) is 23.8 Å². The van der Waals surface area contributed by atoms with Crippen LogP contribution in [0, 0.1) is 5.92 Å². The Kier molecular flexibility index (Phi) is 3.53. The summed E-state index contributed by atoms with van der Waals surface area (Å²) in [5, 5.41) is 13.1. The summed E-state index contributed by atoms with van der Waals surface area (Å²) in [6, 6.07) is 0. The molecule has 1 aliphatic carbocycles. The largest absolute Gasteiger partial charge is 0.389 e. The van der Waals surface area contributed by atoms with Crippen molar-refractivity contribution in [1.82, 2.24) is 5.32 Å². The minimum atomic E-state index is -0.354. The molecule has 0 aromatic carbocycles. The quantitative estimate of drug-likeness (QED) is 0.657. The van der Waals surface area contributed by atoms with Crippen molar-refractivity contribution in [2.75, 3.05) is 13.1 Å². The first kappa shape index (κ1) is 10.0. The van der Waals surface area contributed by atoms with Gasteiger partial charge in [0.25, 0.3) is 0 Å². The molecular formula is C10H21NO. The minimum Gasteiger partial charge on any atom is -0.389 e. The van der Waals surface area contributed by atoms with Gasteiger partial charge in [0.15, 0.2) is 0 Å². The third kappa shape index (κ3) is 2.76. The fourth-order valence-electron chi connectivity index (χ4n) is 1.46. The Labute approximate surface area is 75.4 Å². The summed E-state index contributed by atoms with van der Waals surface area (Å²) >= 11 is 0. The Balaban J connectivity index is 2.01. The zero-order chi connectivity index (χ0) is 9.03. The standard InChI is InChI=1S/C10H21NO/c1-3-9(2)7-11-8-10(12)5-4-6-10/h9,11-12H,3-8H2,1-2H3. The van der Waals surface area contributed by atoms with E-state index >= 15 is 0 Å². The number of aliphatic hydroxyl groups is 1. The normalized spacial score (nSPS) is 23.2. The van der Waals surface area contributed by atoms with Crippen molar-refractivity contribution in [3.05, 3.63) is 0 Å². The van der Waals surface area contributed by atoms with Gasteiger partial charge in [0, 0.05) is 6.54 Å². The predicted molar refractivity (Wildman–Crippen MR) is 51.1 cm³/mol. The van der Waals surface area contributed by atoms with E-state index in [1.54, 1.807) is 0 Å². The van der Waals surface area contributed by atoms with Gasteiger partial charge in [-0.05, 0) is 31.7 Å². The van der Waals surface area contributed by atoms with E-state index in [-0.39, 0.29) is 5.60 Å². The van der Waals surface area contributed by atoms with Crippen LogP contribution in [0.25, 0.3) is 0 Å². The first-order valence-corrected chi connectivity index (χ1v) is 5.09. The molecule has 2 nitrogen and oxygen atoms in total. The maximum Gasteiger partial charge on any atom is 0.0771 e. The molecule has 0 bridgehead atoms. The van der Waals surface area contributed by atoms with Crippen molar-refractivity contribution in [3.8, 4) is 0 Å². The van der Waals surface area contributed by atoms with E-state index in [9.17, 15) is 5.11 Å². The Morgan fingerprint density at radius 1 is 1.50 bits per heavy atom. The molecule has 2 N–H and O–H groups in total. The van der Waals surface area contributed by atoms with E-state index in [2.05, 4.69) is 19.2 Å². The molecule has 1 saturated carbocycles. The molecule has 1 fully saturated rings. The molecule has 1 unspecified atom stereocenters. The molecule has 72 valence electrons. The lowest BCUT2D eigenvalue weighted by Gasteiger charge is -2.37. The van der Waals surface area contributed by atoms with Crippen LogP contribution in [0.5, 0.6) is 0 Å². The number of rotatable bonds is 5. The van der Waals surface area contributed by atoms with Gasteiger partial charge in [-0.25, -0.2) is 0 Å². The fraction of sp³-hybridized carbons (Fsp3) is 1.00. The second-order valence-electron chi connectivity index (χ2n) is 4.22. The van der Waals surface area contributed by atoms with E-state index in [0.717, 1.165) is 31.8 Å². The van der Waals surface area contributed by atoms with E-state index < -0.39 is 0 Å². The van der Waals surface area contributed by atoms with Crippen LogP contribution in [0.4, 0.5) is 0 Å². The summed E-state index contributed by atoms with van der Waals surface area (Å²) < 4.78 is 0. The SMILES string of the molecule is CCC(C)CNCC1(O)CCC1.